The average Bonchev–Trinajstić information content (AvgIpc) is 2.82. The first-order valence-corrected chi connectivity index (χ1v) is 12.1. The summed E-state index contributed by atoms with van der Waals surface area (Å²) in [5, 5.41) is 4.89. The predicted molar refractivity (Wildman–Crippen MR) is 109 cm³/mol. The summed E-state index contributed by atoms with van der Waals surface area (Å²) in [4.78, 5) is 53.9. The van der Waals surface area contributed by atoms with Crippen molar-refractivity contribution in [2.24, 2.45) is 0 Å². The van der Waals surface area contributed by atoms with Crippen LogP contribution in [-0.2, 0) is 29.2 Å². The van der Waals surface area contributed by atoms with Crippen LogP contribution in [0.4, 0.5) is 0 Å². The van der Waals surface area contributed by atoms with Gasteiger partial charge in [-0.2, -0.15) is 4.79 Å². The standard InChI is InChI=1S/C18H28N6O6S/c1-3-5-12(15(25)9-10-20-19)21-17(27)14-6-4-11-23-16(26)8-7-13(18(28)24(14)23)22-31(2,29)30/h10,12-14,22H,3-9,11H2,1-2H3,(H,21,27)/t12-,13-,14-/m0/s1. The summed E-state index contributed by atoms with van der Waals surface area (Å²) in [6.45, 7) is 2.08. The zero-order valence-electron chi connectivity index (χ0n) is 17.6. The number of hydrogen-bond donors (Lipinski definition) is 2. The number of amides is 3. The van der Waals surface area contributed by atoms with Crippen LogP contribution < -0.4 is 10.0 Å². The van der Waals surface area contributed by atoms with Crippen LogP contribution >= 0.6 is 0 Å². The van der Waals surface area contributed by atoms with E-state index in [0.717, 1.165) is 17.5 Å². The zero-order valence-corrected chi connectivity index (χ0v) is 18.4. The molecule has 2 heterocycles. The van der Waals surface area contributed by atoms with Gasteiger partial charge in [0.1, 0.15) is 18.5 Å². The van der Waals surface area contributed by atoms with E-state index >= 15 is 0 Å². The van der Waals surface area contributed by atoms with Crippen LogP contribution in [0, 0.1) is 0 Å². The Balaban J connectivity index is 2.27. The molecule has 2 fully saturated rings. The predicted octanol–water partition coefficient (Wildman–Crippen LogP) is -1.02. The molecule has 2 N–H and O–H groups in total. The lowest BCUT2D eigenvalue weighted by molar-refractivity contribution is -0.176. The number of hydrogen-bond acceptors (Lipinski definition) is 6. The Morgan fingerprint density at radius 2 is 2.03 bits per heavy atom. The molecule has 3 amide bonds. The minimum Gasteiger partial charge on any atom is -0.362 e. The number of fused-ring (bicyclic) bond motifs is 1. The van der Waals surface area contributed by atoms with Crippen LogP contribution in [0.25, 0.3) is 5.53 Å². The lowest BCUT2D eigenvalue weighted by Crippen LogP contribution is -2.64. The Kier molecular flexibility index (Phi) is 8.43. The van der Waals surface area contributed by atoms with Crippen molar-refractivity contribution in [2.45, 2.75) is 70.0 Å². The van der Waals surface area contributed by atoms with Crippen molar-refractivity contribution >= 4 is 39.7 Å². The lowest BCUT2D eigenvalue weighted by atomic mass is 10.0. The third-order valence-electron chi connectivity index (χ3n) is 5.18. The first-order chi connectivity index (χ1) is 14.6. The summed E-state index contributed by atoms with van der Waals surface area (Å²) in [5.41, 5.74) is 8.53. The van der Waals surface area contributed by atoms with E-state index in [0.29, 0.717) is 19.3 Å². The molecule has 2 rings (SSSR count). The van der Waals surface area contributed by atoms with Crippen molar-refractivity contribution < 1.29 is 32.4 Å². The highest BCUT2D eigenvalue weighted by molar-refractivity contribution is 7.88. The summed E-state index contributed by atoms with van der Waals surface area (Å²) >= 11 is 0. The van der Waals surface area contributed by atoms with Crippen LogP contribution in [0.3, 0.4) is 0 Å². The van der Waals surface area contributed by atoms with Gasteiger partial charge < -0.3 is 10.8 Å². The van der Waals surface area contributed by atoms with Gasteiger partial charge in [0.15, 0.2) is 5.78 Å². The summed E-state index contributed by atoms with van der Waals surface area (Å²) in [6, 6.07) is -3.05. The molecule has 0 aliphatic carbocycles. The van der Waals surface area contributed by atoms with Gasteiger partial charge in [-0.3, -0.25) is 24.2 Å². The summed E-state index contributed by atoms with van der Waals surface area (Å²) in [5.74, 6) is -2.00. The fraction of sp³-hybridized carbons (Fsp3) is 0.722. The van der Waals surface area contributed by atoms with Crippen LogP contribution in [0.1, 0.15) is 51.9 Å². The highest BCUT2D eigenvalue weighted by Crippen LogP contribution is 2.25. The molecule has 0 spiro atoms. The fourth-order valence-electron chi connectivity index (χ4n) is 3.78. The molecular formula is C18H28N6O6S. The first-order valence-electron chi connectivity index (χ1n) is 10.2. The third kappa shape index (κ3) is 6.42. The number of hydrazine groups is 1. The Morgan fingerprint density at radius 3 is 2.65 bits per heavy atom. The molecular weight excluding hydrogens is 428 g/mol. The number of sulfonamides is 1. The summed E-state index contributed by atoms with van der Waals surface area (Å²) in [6.07, 6.45) is 3.42. The van der Waals surface area contributed by atoms with Crippen LogP contribution in [-0.4, -0.2) is 83.9 Å². The fourth-order valence-corrected chi connectivity index (χ4v) is 4.52. The quantitative estimate of drug-likeness (QED) is 0.255. The van der Waals surface area contributed by atoms with Crippen molar-refractivity contribution in [3.8, 4) is 0 Å². The van der Waals surface area contributed by atoms with Crippen molar-refractivity contribution in [1.82, 2.24) is 20.1 Å². The van der Waals surface area contributed by atoms with Gasteiger partial charge >= 0.3 is 0 Å². The van der Waals surface area contributed by atoms with E-state index in [1.807, 2.05) is 6.92 Å². The highest BCUT2D eigenvalue weighted by atomic mass is 32.2. The van der Waals surface area contributed by atoms with E-state index in [9.17, 15) is 27.6 Å². The van der Waals surface area contributed by atoms with Gasteiger partial charge in [0.2, 0.25) is 21.8 Å². The molecule has 2 aliphatic heterocycles. The van der Waals surface area contributed by atoms with E-state index < -0.39 is 40.0 Å². The molecule has 0 aromatic heterocycles. The van der Waals surface area contributed by atoms with Gasteiger partial charge in [-0.25, -0.2) is 18.1 Å². The Labute approximate surface area is 181 Å². The number of ketones is 1. The molecule has 13 heteroatoms. The first kappa shape index (κ1) is 24.6. The largest absolute Gasteiger partial charge is 0.362 e. The molecule has 3 atom stereocenters. The molecule has 0 aromatic rings. The van der Waals surface area contributed by atoms with Crippen LogP contribution in [0.5, 0.6) is 0 Å². The number of carbonyl (C=O) groups excluding carboxylic acids is 4. The molecule has 12 nitrogen and oxygen atoms in total. The van der Waals surface area contributed by atoms with Gasteiger partial charge in [-0.05, 0) is 25.7 Å². The topological polar surface area (TPSA) is 169 Å². The smallest absolute Gasteiger partial charge is 0.264 e. The van der Waals surface area contributed by atoms with Crippen molar-refractivity contribution in [3.05, 3.63) is 5.53 Å². The maximum atomic E-state index is 13.1. The van der Waals surface area contributed by atoms with E-state index in [1.54, 1.807) is 0 Å². The second-order valence-electron chi connectivity index (χ2n) is 7.66. The number of carbonyl (C=O) groups is 4. The number of nitrogens with one attached hydrogen (secondary N) is 2. The molecule has 0 aromatic carbocycles. The van der Waals surface area contributed by atoms with Crippen molar-refractivity contribution in [3.63, 3.8) is 0 Å². The molecule has 0 unspecified atom stereocenters. The normalized spacial score (nSPS) is 22.8. The van der Waals surface area contributed by atoms with E-state index in [1.165, 1.54) is 5.01 Å². The molecule has 172 valence electrons. The highest BCUT2D eigenvalue weighted by Gasteiger charge is 2.45. The molecule has 0 bridgehead atoms. The van der Waals surface area contributed by atoms with Gasteiger partial charge in [0, 0.05) is 13.0 Å². The average molecular weight is 457 g/mol. The molecule has 0 saturated carbocycles. The number of nitrogens with zero attached hydrogens (tertiary/aromatic N) is 4. The van der Waals surface area contributed by atoms with Gasteiger partial charge in [0.25, 0.3) is 12.1 Å². The van der Waals surface area contributed by atoms with Gasteiger partial charge in [-0.1, -0.05) is 13.3 Å². The Hall–Kier alpha value is -2.63. The Morgan fingerprint density at radius 1 is 1.32 bits per heavy atom. The second-order valence-corrected chi connectivity index (χ2v) is 9.44. The van der Waals surface area contributed by atoms with Gasteiger partial charge in [-0.15, -0.1) is 0 Å². The van der Waals surface area contributed by atoms with Crippen molar-refractivity contribution in [2.75, 3.05) is 12.8 Å². The molecule has 2 aliphatic rings. The van der Waals surface area contributed by atoms with Crippen LogP contribution in [0.2, 0.25) is 0 Å². The van der Waals surface area contributed by atoms with E-state index in [-0.39, 0.29) is 43.9 Å². The second kappa shape index (κ2) is 10.6. The third-order valence-corrected chi connectivity index (χ3v) is 5.89. The van der Waals surface area contributed by atoms with Gasteiger partial charge in [0.05, 0.1) is 12.3 Å². The lowest BCUT2D eigenvalue weighted by Gasteiger charge is -2.43. The minimum absolute atomic E-state index is 0.0104. The monoisotopic (exact) mass is 456 g/mol. The number of Topliss-reactive ketones (excluding diaryl/α,β-unsaturated/α-hetero) is 1. The van der Waals surface area contributed by atoms with Crippen LogP contribution in [0.15, 0.2) is 0 Å². The summed E-state index contributed by atoms with van der Waals surface area (Å²) in [7, 11) is -3.72. The Bertz CT molecular complexity index is 884. The maximum Gasteiger partial charge on any atom is 0.264 e. The maximum absolute atomic E-state index is 13.1. The SMILES string of the molecule is CCC[C@H](NC(=O)[C@@H]1CCCN2C(=O)CC[C@H](NS(C)(=O)=O)C(=O)N12)C(=O)CC=[N+]=[N-]. The van der Waals surface area contributed by atoms with E-state index in [2.05, 4.69) is 14.8 Å². The van der Waals surface area contributed by atoms with E-state index in [4.69, 9.17) is 5.53 Å². The summed E-state index contributed by atoms with van der Waals surface area (Å²) < 4.78 is 25.6. The zero-order chi connectivity index (χ0) is 23.2. The minimum atomic E-state index is -3.72. The molecule has 31 heavy (non-hydrogen) atoms. The number of rotatable bonds is 9. The molecule has 2 saturated heterocycles. The molecule has 0 radical (unpaired) electrons. The van der Waals surface area contributed by atoms with Crippen molar-refractivity contribution in [1.29, 1.82) is 0 Å².